The molecule has 4 unspecified atom stereocenters. The molecule has 0 aliphatic heterocycles. The summed E-state index contributed by atoms with van der Waals surface area (Å²) in [6.07, 6.45) is 14.0. The highest BCUT2D eigenvalue weighted by Gasteiger charge is 2.33. The molecule has 23 heavy (non-hydrogen) atoms. The van der Waals surface area contributed by atoms with Crippen LogP contribution in [0, 0.1) is 23.7 Å². The molecule has 136 valence electrons. The van der Waals surface area contributed by atoms with Crippen molar-refractivity contribution in [1.29, 1.82) is 0 Å². The van der Waals surface area contributed by atoms with E-state index in [2.05, 4.69) is 38.3 Å². The summed E-state index contributed by atoms with van der Waals surface area (Å²) in [6.45, 7) is 10.5. The lowest BCUT2D eigenvalue weighted by molar-refractivity contribution is 0.144. The van der Waals surface area contributed by atoms with E-state index in [0.717, 1.165) is 42.4 Å². The third-order valence-corrected chi connectivity index (χ3v) is 7.10. The zero-order valence-corrected chi connectivity index (χ0v) is 16.2. The highest BCUT2D eigenvalue weighted by atomic mass is 15.1. The first-order valence-corrected chi connectivity index (χ1v) is 10.7. The molecule has 2 rings (SSSR count). The molecule has 2 aliphatic rings. The molecule has 0 aromatic rings. The fraction of sp³-hybridized carbons (Fsp3) is 1.00. The maximum atomic E-state index is 3.95. The van der Waals surface area contributed by atoms with Crippen LogP contribution in [0.5, 0.6) is 0 Å². The lowest BCUT2D eigenvalue weighted by atomic mass is 9.74. The molecule has 2 N–H and O–H groups in total. The quantitative estimate of drug-likeness (QED) is 0.590. The normalized spacial score (nSPS) is 38.6. The summed E-state index contributed by atoms with van der Waals surface area (Å²) in [5, 5.41) is 7.90. The van der Waals surface area contributed by atoms with Gasteiger partial charge >= 0.3 is 0 Å². The van der Waals surface area contributed by atoms with Gasteiger partial charge in [0.1, 0.15) is 0 Å². The van der Waals surface area contributed by atoms with Crippen LogP contribution in [0.2, 0.25) is 0 Å². The molecule has 0 radical (unpaired) electrons. The smallest absolute Gasteiger partial charge is 0.0458 e. The first kappa shape index (κ1) is 19.2. The maximum absolute atomic E-state index is 3.95. The third-order valence-electron chi connectivity index (χ3n) is 7.10. The van der Waals surface area contributed by atoms with Crippen molar-refractivity contribution in [2.75, 3.05) is 6.67 Å². The molecule has 2 saturated carbocycles. The largest absolute Gasteiger partial charge is 0.301 e. The molecule has 2 nitrogen and oxygen atoms in total. The van der Waals surface area contributed by atoms with Crippen molar-refractivity contribution in [3.8, 4) is 0 Å². The van der Waals surface area contributed by atoms with E-state index in [-0.39, 0.29) is 0 Å². The van der Waals surface area contributed by atoms with E-state index in [0.29, 0.717) is 0 Å². The Morgan fingerprint density at radius 2 is 0.870 bits per heavy atom. The Balaban J connectivity index is 1.87. The Bertz CT molecular complexity index is 263. The fourth-order valence-electron chi connectivity index (χ4n) is 5.57. The molecule has 2 heteroatoms. The van der Waals surface area contributed by atoms with E-state index in [4.69, 9.17) is 0 Å². The van der Waals surface area contributed by atoms with E-state index in [9.17, 15) is 0 Å². The first-order chi connectivity index (χ1) is 11.2. The van der Waals surface area contributed by atoms with Crippen molar-refractivity contribution in [3.05, 3.63) is 0 Å². The Morgan fingerprint density at radius 1 is 0.565 bits per heavy atom. The van der Waals surface area contributed by atoms with Crippen molar-refractivity contribution in [3.63, 3.8) is 0 Å². The molecule has 0 amide bonds. The molecule has 0 spiro atoms. The van der Waals surface area contributed by atoms with Crippen LogP contribution >= 0.6 is 0 Å². The topological polar surface area (TPSA) is 24.1 Å². The van der Waals surface area contributed by atoms with Crippen LogP contribution < -0.4 is 10.6 Å². The van der Waals surface area contributed by atoms with Gasteiger partial charge in [-0.3, -0.25) is 0 Å². The third kappa shape index (κ3) is 4.95. The number of rotatable bonds is 8. The summed E-state index contributed by atoms with van der Waals surface area (Å²) < 4.78 is 0. The fourth-order valence-corrected chi connectivity index (χ4v) is 5.57. The van der Waals surface area contributed by atoms with Gasteiger partial charge in [-0.25, -0.2) is 0 Å². The SMILES string of the molecule is CCC1CCCC(CC)C1NCNC1C(CC)CCCC1CC. The van der Waals surface area contributed by atoms with Crippen LogP contribution in [-0.2, 0) is 0 Å². The second-order valence-corrected chi connectivity index (χ2v) is 8.17. The van der Waals surface area contributed by atoms with Crippen LogP contribution in [0.1, 0.15) is 91.9 Å². The van der Waals surface area contributed by atoms with Crippen molar-refractivity contribution in [2.24, 2.45) is 23.7 Å². The van der Waals surface area contributed by atoms with Gasteiger partial charge in [-0.05, 0) is 49.4 Å². The van der Waals surface area contributed by atoms with E-state index < -0.39 is 0 Å². The van der Waals surface area contributed by atoms with Crippen LogP contribution in [-0.4, -0.2) is 18.8 Å². The van der Waals surface area contributed by atoms with Crippen molar-refractivity contribution >= 4 is 0 Å². The van der Waals surface area contributed by atoms with Crippen LogP contribution in [0.3, 0.4) is 0 Å². The van der Waals surface area contributed by atoms with Gasteiger partial charge in [0.15, 0.2) is 0 Å². The monoisotopic (exact) mass is 322 g/mol. The Labute approximate surface area is 145 Å². The highest BCUT2D eigenvalue weighted by molar-refractivity contribution is 4.89. The average molecular weight is 323 g/mol. The minimum atomic E-state index is 0.745. The molecule has 0 aromatic carbocycles. The summed E-state index contributed by atoms with van der Waals surface area (Å²) in [5.41, 5.74) is 0. The molecule has 0 bridgehead atoms. The molecule has 0 heterocycles. The van der Waals surface area contributed by atoms with Gasteiger partial charge in [0.2, 0.25) is 0 Å². The van der Waals surface area contributed by atoms with Crippen molar-refractivity contribution in [2.45, 2.75) is 104 Å². The Kier molecular flexibility index (Phi) is 8.40. The van der Waals surface area contributed by atoms with Gasteiger partial charge in [-0.15, -0.1) is 0 Å². The average Bonchev–Trinajstić information content (AvgIpc) is 2.61. The van der Waals surface area contributed by atoms with Gasteiger partial charge in [-0.2, -0.15) is 0 Å². The van der Waals surface area contributed by atoms with Gasteiger partial charge in [0, 0.05) is 18.8 Å². The molecule has 4 atom stereocenters. The van der Waals surface area contributed by atoms with Gasteiger partial charge in [-0.1, -0.05) is 66.2 Å². The number of nitrogens with one attached hydrogen (secondary N) is 2. The van der Waals surface area contributed by atoms with Crippen molar-refractivity contribution < 1.29 is 0 Å². The second-order valence-electron chi connectivity index (χ2n) is 8.17. The molecular weight excluding hydrogens is 280 g/mol. The maximum Gasteiger partial charge on any atom is 0.0458 e. The summed E-state index contributed by atoms with van der Waals surface area (Å²) in [7, 11) is 0. The second kappa shape index (κ2) is 10.0. The van der Waals surface area contributed by atoms with E-state index in [1.165, 1.54) is 64.2 Å². The Hall–Kier alpha value is -0.0800. The molecule has 0 aromatic heterocycles. The number of hydrogen-bond acceptors (Lipinski definition) is 2. The predicted octanol–water partition coefficient (Wildman–Crippen LogP) is 5.33. The highest BCUT2D eigenvalue weighted by Crippen LogP contribution is 2.34. The summed E-state index contributed by atoms with van der Waals surface area (Å²) >= 11 is 0. The standard InChI is InChI=1S/C21H42N2/c1-5-16-11-9-12-17(6-2)20(16)22-15-23-21-18(7-3)13-10-14-19(21)8-4/h16-23H,5-15H2,1-4H3. The molecule has 0 saturated heterocycles. The van der Waals surface area contributed by atoms with Crippen LogP contribution in [0.4, 0.5) is 0 Å². The Morgan fingerprint density at radius 3 is 1.13 bits per heavy atom. The van der Waals surface area contributed by atoms with E-state index in [1.807, 2.05) is 0 Å². The van der Waals surface area contributed by atoms with Gasteiger partial charge in [0.25, 0.3) is 0 Å². The summed E-state index contributed by atoms with van der Waals surface area (Å²) in [5.74, 6) is 3.58. The van der Waals surface area contributed by atoms with E-state index in [1.54, 1.807) is 0 Å². The van der Waals surface area contributed by atoms with Crippen molar-refractivity contribution in [1.82, 2.24) is 10.6 Å². The summed E-state index contributed by atoms with van der Waals surface area (Å²) in [6, 6.07) is 1.49. The summed E-state index contributed by atoms with van der Waals surface area (Å²) in [4.78, 5) is 0. The van der Waals surface area contributed by atoms with Gasteiger partial charge in [0.05, 0.1) is 0 Å². The minimum Gasteiger partial charge on any atom is -0.301 e. The number of hydrogen-bond donors (Lipinski definition) is 2. The molecule has 2 fully saturated rings. The van der Waals surface area contributed by atoms with Gasteiger partial charge < -0.3 is 10.6 Å². The molecule has 2 aliphatic carbocycles. The lowest BCUT2D eigenvalue weighted by Crippen LogP contribution is -2.52. The predicted molar refractivity (Wildman–Crippen MR) is 102 cm³/mol. The zero-order valence-electron chi connectivity index (χ0n) is 16.2. The van der Waals surface area contributed by atoms with Crippen LogP contribution in [0.25, 0.3) is 0 Å². The lowest BCUT2D eigenvalue weighted by Gasteiger charge is -2.41. The minimum absolute atomic E-state index is 0.745. The van der Waals surface area contributed by atoms with Crippen LogP contribution in [0.15, 0.2) is 0 Å². The zero-order chi connectivity index (χ0) is 16.7. The van der Waals surface area contributed by atoms with E-state index >= 15 is 0 Å². The first-order valence-electron chi connectivity index (χ1n) is 10.7. The molecular formula is C21H42N2.